The maximum absolute atomic E-state index is 12.8. The lowest BCUT2D eigenvalue weighted by molar-refractivity contribution is -0.131. The molecule has 0 aliphatic rings. The van der Waals surface area contributed by atoms with Gasteiger partial charge in [-0.2, -0.15) is 0 Å². The quantitative estimate of drug-likeness (QED) is 0.606. The summed E-state index contributed by atoms with van der Waals surface area (Å²) in [5, 5.41) is 2.03. The Hall–Kier alpha value is -2.18. The van der Waals surface area contributed by atoms with Crippen molar-refractivity contribution in [3.05, 3.63) is 47.6 Å². The molecule has 6 heteroatoms. The molecule has 1 aromatic carbocycles. The van der Waals surface area contributed by atoms with Crippen molar-refractivity contribution < 1.29 is 9.53 Å². The fourth-order valence-corrected chi connectivity index (χ4v) is 3.80. The van der Waals surface area contributed by atoms with Crippen LogP contribution in [-0.4, -0.2) is 47.0 Å². The lowest BCUT2D eigenvalue weighted by Crippen LogP contribution is -2.37. The zero-order valence-electron chi connectivity index (χ0n) is 15.5. The molecule has 0 radical (unpaired) electrons. The molecule has 138 valence electrons. The molecule has 2 heterocycles. The average molecular weight is 372 g/mol. The minimum absolute atomic E-state index is 0.130. The first-order chi connectivity index (χ1) is 12.6. The van der Waals surface area contributed by atoms with Crippen molar-refractivity contribution in [2.75, 3.05) is 26.8 Å². The highest BCUT2D eigenvalue weighted by molar-refractivity contribution is 7.15. The van der Waals surface area contributed by atoms with E-state index in [-0.39, 0.29) is 5.91 Å². The van der Waals surface area contributed by atoms with Crippen LogP contribution in [0.4, 0.5) is 0 Å². The Balaban J connectivity index is 1.79. The Morgan fingerprint density at radius 1 is 1.31 bits per heavy atom. The van der Waals surface area contributed by atoms with Crippen molar-refractivity contribution in [3.63, 3.8) is 0 Å². The SMILES string of the molecule is COCCN(CC(C)C)C(=O)Cc1csc2nc(-c3ccccc3)cn12. The maximum atomic E-state index is 12.8. The van der Waals surface area contributed by atoms with E-state index in [2.05, 4.69) is 13.8 Å². The molecule has 1 amide bonds. The van der Waals surface area contributed by atoms with E-state index in [9.17, 15) is 4.79 Å². The zero-order chi connectivity index (χ0) is 18.5. The number of amides is 1. The minimum Gasteiger partial charge on any atom is -0.383 e. The number of aromatic nitrogens is 2. The predicted octanol–water partition coefficient (Wildman–Crippen LogP) is 3.74. The number of rotatable bonds is 8. The molecule has 3 aromatic rings. The molecule has 0 saturated carbocycles. The Morgan fingerprint density at radius 3 is 2.77 bits per heavy atom. The molecule has 3 rings (SSSR count). The molecule has 0 atom stereocenters. The van der Waals surface area contributed by atoms with Crippen LogP contribution < -0.4 is 0 Å². The Morgan fingerprint density at radius 2 is 2.08 bits per heavy atom. The summed E-state index contributed by atoms with van der Waals surface area (Å²) in [6.45, 7) is 6.17. The molecule has 5 nitrogen and oxygen atoms in total. The van der Waals surface area contributed by atoms with Crippen molar-refractivity contribution in [2.45, 2.75) is 20.3 Å². The van der Waals surface area contributed by atoms with Gasteiger partial charge in [-0.05, 0) is 5.92 Å². The second-order valence-electron chi connectivity index (χ2n) is 6.77. The highest BCUT2D eigenvalue weighted by Crippen LogP contribution is 2.24. The Labute approximate surface area is 158 Å². The summed E-state index contributed by atoms with van der Waals surface area (Å²) in [4.78, 5) is 20.3. The van der Waals surface area contributed by atoms with Gasteiger partial charge >= 0.3 is 0 Å². The summed E-state index contributed by atoms with van der Waals surface area (Å²) in [5.41, 5.74) is 3.00. The van der Waals surface area contributed by atoms with E-state index in [1.165, 1.54) is 0 Å². The van der Waals surface area contributed by atoms with Gasteiger partial charge in [-0.1, -0.05) is 44.2 Å². The number of thiazole rings is 1. The topological polar surface area (TPSA) is 46.8 Å². The van der Waals surface area contributed by atoms with Crippen molar-refractivity contribution in [3.8, 4) is 11.3 Å². The first kappa shape index (κ1) is 18.6. The average Bonchev–Trinajstić information content (AvgIpc) is 3.21. The molecule has 2 aromatic heterocycles. The zero-order valence-corrected chi connectivity index (χ0v) is 16.3. The van der Waals surface area contributed by atoms with E-state index in [0.29, 0.717) is 25.5 Å². The number of benzene rings is 1. The molecule has 0 unspecified atom stereocenters. The van der Waals surface area contributed by atoms with Gasteiger partial charge in [0.25, 0.3) is 0 Å². The number of hydrogen-bond acceptors (Lipinski definition) is 4. The predicted molar refractivity (Wildman–Crippen MR) is 106 cm³/mol. The Kier molecular flexibility index (Phi) is 6.06. The molecule has 0 aliphatic carbocycles. The first-order valence-corrected chi connectivity index (χ1v) is 9.74. The van der Waals surface area contributed by atoms with Crippen LogP contribution in [0.25, 0.3) is 16.2 Å². The monoisotopic (exact) mass is 371 g/mol. The number of ether oxygens (including phenoxy) is 1. The molecule has 0 spiro atoms. The smallest absolute Gasteiger partial charge is 0.228 e. The molecular formula is C20H25N3O2S. The van der Waals surface area contributed by atoms with Crippen molar-refractivity contribution in [1.29, 1.82) is 0 Å². The Bertz CT molecular complexity index is 854. The summed E-state index contributed by atoms with van der Waals surface area (Å²) in [6.07, 6.45) is 2.40. The van der Waals surface area contributed by atoms with Gasteiger partial charge in [0, 0.05) is 43.0 Å². The van der Waals surface area contributed by atoms with Crippen LogP contribution in [0.1, 0.15) is 19.5 Å². The maximum Gasteiger partial charge on any atom is 0.228 e. The van der Waals surface area contributed by atoms with Crippen LogP contribution >= 0.6 is 11.3 Å². The van der Waals surface area contributed by atoms with Gasteiger partial charge in [-0.25, -0.2) is 4.98 Å². The van der Waals surface area contributed by atoms with Crippen LogP contribution in [0, 0.1) is 5.92 Å². The van der Waals surface area contributed by atoms with Crippen LogP contribution in [0.5, 0.6) is 0 Å². The van der Waals surface area contributed by atoms with Crippen LogP contribution in [0.3, 0.4) is 0 Å². The third kappa shape index (κ3) is 4.31. The van der Waals surface area contributed by atoms with Gasteiger partial charge in [-0.3, -0.25) is 9.20 Å². The second-order valence-corrected chi connectivity index (χ2v) is 7.61. The van der Waals surface area contributed by atoms with Gasteiger partial charge in [0.2, 0.25) is 5.91 Å². The number of hydrogen-bond donors (Lipinski definition) is 0. The van der Waals surface area contributed by atoms with Crippen LogP contribution in [-0.2, 0) is 16.0 Å². The molecular weight excluding hydrogens is 346 g/mol. The molecule has 0 fully saturated rings. The molecule has 0 N–H and O–H groups in total. The number of nitrogens with zero attached hydrogens (tertiary/aromatic N) is 3. The van der Waals surface area contributed by atoms with E-state index in [4.69, 9.17) is 9.72 Å². The summed E-state index contributed by atoms with van der Waals surface area (Å²) in [5.74, 6) is 0.557. The largest absolute Gasteiger partial charge is 0.383 e. The highest BCUT2D eigenvalue weighted by Gasteiger charge is 2.18. The van der Waals surface area contributed by atoms with Gasteiger partial charge in [-0.15, -0.1) is 11.3 Å². The van der Waals surface area contributed by atoms with Gasteiger partial charge < -0.3 is 9.64 Å². The van der Waals surface area contributed by atoms with E-state index < -0.39 is 0 Å². The number of methoxy groups -OCH3 is 1. The lowest BCUT2D eigenvalue weighted by Gasteiger charge is -2.24. The fourth-order valence-electron chi connectivity index (χ4n) is 2.93. The fraction of sp³-hybridized carbons (Fsp3) is 0.400. The number of imidazole rings is 1. The van der Waals surface area contributed by atoms with Crippen molar-refractivity contribution in [1.82, 2.24) is 14.3 Å². The van der Waals surface area contributed by atoms with E-state index in [0.717, 1.165) is 28.5 Å². The van der Waals surface area contributed by atoms with E-state index >= 15 is 0 Å². The third-order valence-electron chi connectivity index (χ3n) is 4.19. The van der Waals surface area contributed by atoms with Gasteiger partial charge in [0.1, 0.15) is 0 Å². The van der Waals surface area contributed by atoms with Crippen LogP contribution in [0.2, 0.25) is 0 Å². The van der Waals surface area contributed by atoms with Crippen LogP contribution in [0.15, 0.2) is 41.9 Å². The third-order valence-corrected chi connectivity index (χ3v) is 5.08. The molecule has 0 bridgehead atoms. The second kappa shape index (κ2) is 8.47. The standard InChI is InChI=1S/C20H25N3O2S/c1-15(2)12-22(9-10-25-3)19(24)11-17-14-26-20-21-18(13-23(17)20)16-7-5-4-6-8-16/h4-8,13-15H,9-12H2,1-3H3. The first-order valence-electron chi connectivity index (χ1n) is 8.86. The van der Waals surface area contributed by atoms with Crippen molar-refractivity contribution >= 4 is 22.2 Å². The summed E-state index contributed by atoms with van der Waals surface area (Å²) in [6, 6.07) is 10.1. The van der Waals surface area contributed by atoms with E-state index in [1.807, 2.05) is 51.2 Å². The van der Waals surface area contributed by atoms with E-state index in [1.54, 1.807) is 18.4 Å². The number of fused-ring (bicyclic) bond motifs is 1. The number of carbonyl (C=O) groups excluding carboxylic acids is 1. The lowest BCUT2D eigenvalue weighted by atomic mass is 10.2. The van der Waals surface area contributed by atoms with Crippen molar-refractivity contribution in [2.24, 2.45) is 5.92 Å². The molecule has 26 heavy (non-hydrogen) atoms. The van der Waals surface area contributed by atoms with Gasteiger partial charge in [0.05, 0.1) is 18.7 Å². The summed E-state index contributed by atoms with van der Waals surface area (Å²) < 4.78 is 7.19. The summed E-state index contributed by atoms with van der Waals surface area (Å²) in [7, 11) is 1.66. The normalized spacial score (nSPS) is 11.4. The minimum atomic E-state index is 0.130. The summed E-state index contributed by atoms with van der Waals surface area (Å²) >= 11 is 1.57. The van der Waals surface area contributed by atoms with Gasteiger partial charge in [0.15, 0.2) is 4.96 Å². The molecule has 0 aliphatic heterocycles. The number of carbonyl (C=O) groups is 1. The molecule has 0 saturated heterocycles. The highest BCUT2D eigenvalue weighted by atomic mass is 32.1.